The van der Waals surface area contributed by atoms with Crippen molar-refractivity contribution in [3.05, 3.63) is 170 Å². The average Bonchev–Trinajstić information content (AvgIpc) is 3.23. The van der Waals surface area contributed by atoms with E-state index in [2.05, 4.69) is 51.2 Å². The molecule has 59 heavy (non-hydrogen) atoms. The van der Waals surface area contributed by atoms with E-state index in [0.717, 1.165) is 64.2 Å². The van der Waals surface area contributed by atoms with Crippen molar-refractivity contribution in [2.24, 2.45) is 0 Å². The summed E-state index contributed by atoms with van der Waals surface area (Å²) in [5.74, 6) is -1.15. The van der Waals surface area contributed by atoms with Crippen LogP contribution in [0.3, 0.4) is 0 Å². The van der Waals surface area contributed by atoms with Gasteiger partial charge in [0.25, 0.3) is 0 Å². The largest absolute Gasteiger partial charge is 0.462 e. The second-order valence-electron chi connectivity index (χ2n) is 13.4. The van der Waals surface area contributed by atoms with Gasteiger partial charge in [0, 0.05) is 19.3 Å². The van der Waals surface area contributed by atoms with E-state index in [4.69, 9.17) is 14.2 Å². The summed E-state index contributed by atoms with van der Waals surface area (Å²) in [5.41, 5.74) is 0. The predicted octanol–water partition coefficient (Wildman–Crippen LogP) is 14.1. The van der Waals surface area contributed by atoms with Gasteiger partial charge in [-0.2, -0.15) is 0 Å². The number of carbonyl (C=O) groups is 3. The molecule has 0 rings (SSSR count). The smallest absolute Gasteiger partial charge is 0.306 e. The molecule has 0 radical (unpaired) electrons. The number of hydrogen-bond acceptors (Lipinski definition) is 6. The molecule has 0 spiro atoms. The van der Waals surface area contributed by atoms with Crippen LogP contribution in [-0.2, 0) is 28.6 Å². The Morgan fingerprint density at radius 2 is 0.627 bits per heavy atom. The molecule has 0 aliphatic carbocycles. The van der Waals surface area contributed by atoms with Crippen LogP contribution in [0.25, 0.3) is 0 Å². The summed E-state index contributed by atoms with van der Waals surface area (Å²) in [6.45, 7) is 6.00. The lowest BCUT2D eigenvalue weighted by Gasteiger charge is -2.18. The average molecular weight is 807 g/mol. The minimum absolute atomic E-state index is 0.152. The van der Waals surface area contributed by atoms with Crippen molar-refractivity contribution in [1.29, 1.82) is 0 Å². The number of hydrogen-bond donors (Lipinski definition) is 0. The van der Waals surface area contributed by atoms with E-state index in [-0.39, 0.29) is 38.0 Å². The summed E-state index contributed by atoms with van der Waals surface area (Å²) in [4.78, 5) is 37.7. The van der Waals surface area contributed by atoms with Crippen LogP contribution in [0.4, 0.5) is 0 Å². The minimum atomic E-state index is -0.861. The van der Waals surface area contributed by atoms with Crippen LogP contribution in [0.15, 0.2) is 170 Å². The fourth-order valence-corrected chi connectivity index (χ4v) is 4.86. The van der Waals surface area contributed by atoms with Gasteiger partial charge < -0.3 is 14.2 Å². The van der Waals surface area contributed by atoms with Crippen LogP contribution in [0.5, 0.6) is 0 Å². The van der Waals surface area contributed by atoms with Crippen LogP contribution in [0.1, 0.15) is 124 Å². The maximum absolute atomic E-state index is 12.7. The summed E-state index contributed by atoms with van der Waals surface area (Å²) in [6.07, 6.45) is 67.8. The molecule has 0 aliphatic rings. The highest BCUT2D eigenvalue weighted by molar-refractivity contribution is 5.71. The van der Waals surface area contributed by atoms with E-state index in [9.17, 15) is 14.4 Å². The van der Waals surface area contributed by atoms with Crippen molar-refractivity contribution in [3.63, 3.8) is 0 Å². The molecule has 322 valence electrons. The Bertz CT molecular complexity index is 1480. The molecular weight excluding hydrogens is 733 g/mol. The molecule has 0 fully saturated rings. The lowest BCUT2D eigenvalue weighted by Crippen LogP contribution is -2.30. The van der Waals surface area contributed by atoms with E-state index in [1.165, 1.54) is 0 Å². The summed E-state index contributed by atoms with van der Waals surface area (Å²) in [6, 6.07) is 0. The van der Waals surface area contributed by atoms with Gasteiger partial charge in [0.1, 0.15) is 13.2 Å². The van der Waals surface area contributed by atoms with E-state index in [0.29, 0.717) is 25.7 Å². The second kappa shape index (κ2) is 45.5. The van der Waals surface area contributed by atoms with Crippen molar-refractivity contribution in [3.8, 4) is 0 Å². The standard InChI is InChI=1S/C53H74O6/c1-4-7-10-13-16-19-22-25-26-29-31-34-37-40-43-46-52(55)58-49-50(59-53(56)47-44-41-38-35-32-28-24-21-18-15-12-9-6-3)48-57-51(54)45-42-39-36-33-30-27-23-20-17-14-11-8-5-2/h7-28,30,32-33,35-36,38,50H,4-6,29,31,34,37,39-49H2,1-3H3/b10-7-,11-8-,12-9-,16-13-,17-14-,18-15-,22-19-,23-20-,24-21-,26-25-,30-27-,32-28-,36-33-,38-35-. The van der Waals surface area contributed by atoms with Gasteiger partial charge in [-0.25, -0.2) is 0 Å². The van der Waals surface area contributed by atoms with Crippen molar-refractivity contribution >= 4 is 17.9 Å². The molecule has 1 atom stereocenters. The molecule has 6 nitrogen and oxygen atoms in total. The molecule has 0 aliphatic heterocycles. The van der Waals surface area contributed by atoms with E-state index in [1.54, 1.807) is 0 Å². The summed E-state index contributed by atoms with van der Waals surface area (Å²) in [5, 5.41) is 0. The molecule has 1 unspecified atom stereocenters. The highest BCUT2D eigenvalue weighted by Crippen LogP contribution is 2.10. The first-order valence-electron chi connectivity index (χ1n) is 21.8. The number of unbranched alkanes of at least 4 members (excludes halogenated alkanes) is 7. The Balaban J connectivity index is 4.71. The molecule has 0 saturated heterocycles. The van der Waals surface area contributed by atoms with Crippen molar-refractivity contribution in [2.75, 3.05) is 13.2 Å². The maximum Gasteiger partial charge on any atom is 0.306 e. The zero-order chi connectivity index (χ0) is 43.0. The third kappa shape index (κ3) is 43.7. The number of rotatable bonds is 35. The number of carbonyl (C=O) groups excluding carboxylic acids is 3. The van der Waals surface area contributed by atoms with Crippen LogP contribution in [-0.4, -0.2) is 37.2 Å². The van der Waals surface area contributed by atoms with Gasteiger partial charge in [-0.15, -0.1) is 0 Å². The van der Waals surface area contributed by atoms with E-state index < -0.39 is 12.1 Å². The van der Waals surface area contributed by atoms with Crippen LogP contribution >= 0.6 is 0 Å². The van der Waals surface area contributed by atoms with Gasteiger partial charge in [0.2, 0.25) is 0 Å². The lowest BCUT2D eigenvalue weighted by atomic mass is 10.1. The number of esters is 3. The molecule has 0 aromatic heterocycles. The molecule has 0 aromatic carbocycles. The molecule has 0 aromatic rings. The minimum Gasteiger partial charge on any atom is -0.462 e. The molecule has 0 heterocycles. The van der Waals surface area contributed by atoms with Gasteiger partial charge in [0.15, 0.2) is 6.10 Å². The first-order chi connectivity index (χ1) is 29.0. The van der Waals surface area contributed by atoms with Crippen LogP contribution in [0.2, 0.25) is 0 Å². The van der Waals surface area contributed by atoms with E-state index in [1.807, 2.05) is 140 Å². The Hall–Kier alpha value is -5.23. The van der Waals surface area contributed by atoms with Crippen LogP contribution < -0.4 is 0 Å². The van der Waals surface area contributed by atoms with Crippen molar-refractivity contribution in [2.45, 2.75) is 130 Å². The number of allylic oxidation sites excluding steroid dienone is 28. The van der Waals surface area contributed by atoms with Gasteiger partial charge in [-0.1, -0.05) is 210 Å². The van der Waals surface area contributed by atoms with Crippen molar-refractivity contribution < 1.29 is 28.6 Å². The molecular formula is C53H74O6. The highest BCUT2D eigenvalue weighted by Gasteiger charge is 2.19. The molecule has 0 amide bonds. The topological polar surface area (TPSA) is 78.9 Å². The first-order valence-corrected chi connectivity index (χ1v) is 21.8. The highest BCUT2D eigenvalue weighted by atomic mass is 16.6. The number of ether oxygens (including phenoxy) is 3. The third-order valence-electron chi connectivity index (χ3n) is 8.05. The van der Waals surface area contributed by atoms with E-state index >= 15 is 0 Å². The zero-order valence-electron chi connectivity index (χ0n) is 36.4. The summed E-state index contributed by atoms with van der Waals surface area (Å²) in [7, 11) is 0. The Morgan fingerprint density at radius 3 is 1.02 bits per heavy atom. The quantitative estimate of drug-likeness (QED) is 0.0275. The SMILES string of the molecule is CC\C=C/C=C\C=C/C=C\C=C/CCCC(=O)OCC(COC(=O)CCCCCCC\C=C/C=C\C=C/C=C\CC)OC(=O)CCC\C=C/C=C\C=C/C=C\C=C/CC. The first kappa shape index (κ1) is 53.8. The summed E-state index contributed by atoms with van der Waals surface area (Å²) >= 11 is 0. The maximum atomic E-state index is 12.7. The van der Waals surface area contributed by atoms with Crippen LogP contribution in [0, 0.1) is 0 Å². The monoisotopic (exact) mass is 807 g/mol. The second-order valence-corrected chi connectivity index (χ2v) is 13.4. The normalized spacial score (nSPS) is 13.7. The molecule has 0 saturated carbocycles. The molecule has 6 heteroatoms. The van der Waals surface area contributed by atoms with Gasteiger partial charge in [-0.3, -0.25) is 14.4 Å². The fourth-order valence-electron chi connectivity index (χ4n) is 4.86. The van der Waals surface area contributed by atoms with Gasteiger partial charge in [-0.05, 0) is 64.2 Å². The Morgan fingerprint density at radius 1 is 0.339 bits per heavy atom. The molecule has 0 N–H and O–H groups in total. The summed E-state index contributed by atoms with van der Waals surface area (Å²) < 4.78 is 16.5. The fraction of sp³-hybridized carbons (Fsp3) is 0.415. The Kier molecular flexibility index (Phi) is 41.4. The molecule has 0 bridgehead atoms. The van der Waals surface area contributed by atoms with Crippen molar-refractivity contribution in [1.82, 2.24) is 0 Å². The van der Waals surface area contributed by atoms with Gasteiger partial charge >= 0.3 is 17.9 Å². The predicted molar refractivity (Wildman–Crippen MR) is 251 cm³/mol. The lowest BCUT2D eigenvalue weighted by molar-refractivity contribution is -0.167. The Labute approximate surface area is 358 Å². The zero-order valence-corrected chi connectivity index (χ0v) is 36.4. The third-order valence-corrected chi connectivity index (χ3v) is 8.05. The van der Waals surface area contributed by atoms with Gasteiger partial charge in [0.05, 0.1) is 0 Å².